The molecule has 0 atom stereocenters. The van der Waals surface area contributed by atoms with Crippen molar-refractivity contribution in [2.24, 2.45) is 11.5 Å². The molecule has 0 spiro atoms. The summed E-state index contributed by atoms with van der Waals surface area (Å²) in [5, 5.41) is 0. The average Bonchev–Trinajstić information content (AvgIpc) is 2.80. The van der Waals surface area contributed by atoms with E-state index in [9.17, 15) is 9.59 Å². The predicted octanol–water partition coefficient (Wildman–Crippen LogP) is 3.45. The van der Waals surface area contributed by atoms with Crippen molar-refractivity contribution in [3.05, 3.63) is 90.0 Å². The molecule has 1 heterocycles. The number of rotatable bonds is 8. The molecule has 0 bridgehead atoms. The summed E-state index contributed by atoms with van der Waals surface area (Å²) in [6.45, 7) is 0. The predicted molar refractivity (Wildman–Crippen MR) is 116 cm³/mol. The van der Waals surface area contributed by atoms with Crippen molar-refractivity contribution in [1.82, 2.24) is 15.0 Å². The molecule has 1 aromatic heterocycles. The highest BCUT2D eigenvalue weighted by Crippen LogP contribution is 2.27. The first-order chi connectivity index (χ1) is 16.0. The molecule has 33 heavy (non-hydrogen) atoms. The van der Waals surface area contributed by atoms with Crippen LogP contribution in [0.2, 0.25) is 0 Å². The van der Waals surface area contributed by atoms with Crippen LogP contribution < -0.4 is 25.7 Å². The van der Waals surface area contributed by atoms with E-state index in [1.54, 1.807) is 48.5 Å². The largest absolute Gasteiger partial charge is 0.424 e. The second-order valence-corrected chi connectivity index (χ2v) is 6.58. The molecule has 0 fully saturated rings. The fourth-order valence-electron chi connectivity index (χ4n) is 2.64. The highest BCUT2D eigenvalue weighted by atomic mass is 16.5. The number of primary amides is 2. The van der Waals surface area contributed by atoms with Gasteiger partial charge < -0.3 is 25.7 Å². The summed E-state index contributed by atoms with van der Waals surface area (Å²) in [5.74, 6) is 0.0936. The molecule has 0 aliphatic heterocycles. The van der Waals surface area contributed by atoms with E-state index < -0.39 is 11.8 Å². The number of para-hydroxylation sites is 1. The molecular weight excluding hydrogens is 426 g/mol. The Bertz CT molecular complexity index is 1200. The first kappa shape index (κ1) is 21.2. The lowest BCUT2D eigenvalue weighted by Crippen LogP contribution is -2.10. The van der Waals surface area contributed by atoms with E-state index >= 15 is 0 Å². The van der Waals surface area contributed by atoms with E-state index in [1.807, 2.05) is 6.07 Å². The third-order valence-corrected chi connectivity index (χ3v) is 4.22. The number of carbonyl (C=O) groups excluding carboxylic acids is 2. The average molecular weight is 443 g/mol. The number of hydrogen-bond donors (Lipinski definition) is 2. The van der Waals surface area contributed by atoms with Crippen molar-refractivity contribution in [3.63, 3.8) is 0 Å². The van der Waals surface area contributed by atoms with E-state index in [4.69, 9.17) is 25.7 Å². The number of benzene rings is 3. The highest BCUT2D eigenvalue weighted by Gasteiger charge is 2.13. The number of carbonyl (C=O) groups is 2. The van der Waals surface area contributed by atoms with Gasteiger partial charge >= 0.3 is 18.0 Å². The van der Waals surface area contributed by atoms with E-state index in [1.165, 1.54) is 24.3 Å². The van der Waals surface area contributed by atoms with Crippen LogP contribution in [-0.4, -0.2) is 26.8 Å². The normalized spacial score (nSPS) is 10.3. The van der Waals surface area contributed by atoms with E-state index in [0.717, 1.165) is 0 Å². The number of hydrogen-bond acceptors (Lipinski definition) is 8. The molecule has 0 aliphatic rings. The summed E-state index contributed by atoms with van der Waals surface area (Å²) in [6.07, 6.45) is 0. The Labute approximate surface area is 187 Å². The number of ether oxygens (including phenoxy) is 3. The maximum atomic E-state index is 11.3. The third-order valence-electron chi connectivity index (χ3n) is 4.22. The van der Waals surface area contributed by atoms with Crippen LogP contribution in [0.3, 0.4) is 0 Å². The van der Waals surface area contributed by atoms with Crippen LogP contribution in [0.1, 0.15) is 20.7 Å². The Hall–Kier alpha value is -4.99. The van der Waals surface area contributed by atoms with Crippen molar-refractivity contribution >= 4 is 11.8 Å². The molecule has 4 N–H and O–H groups in total. The van der Waals surface area contributed by atoms with Crippen molar-refractivity contribution in [3.8, 4) is 35.3 Å². The number of amides is 2. The van der Waals surface area contributed by atoms with Crippen LogP contribution in [-0.2, 0) is 0 Å². The third kappa shape index (κ3) is 5.58. The van der Waals surface area contributed by atoms with Gasteiger partial charge in [-0.05, 0) is 60.7 Å². The maximum absolute atomic E-state index is 11.3. The van der Waals surface area contributed by atoms with Gasteiger partial charge in [-0.15, -0.1) is 15.0 Å². The lowest BCUT2D eigenvalue weighted by molar-refractivity contribution is 0.0992. The van der Waals surface area contributed by atoms with Crippen LogP contribution in [0.5, 0.6) is 35.3 Å². The summed E-state index contributed by atoms with van der Waals surface area (Å²) in [5.41, 5.74) is 11.2. The number of aromatic nitrogens is 3. The molecule has 4 rings (SSSR count). The van der Waals surface area contributed by atoms with E-state index in [2.05, 4.69) is 15.0 Å². The van der Waals surface area contributed by atoms with Crippen molar-refractivity contribution in [2.75, 3.05) is 0 Å². The van der Waals surface area contributed by atoms with Gasteiger partial charge in [0.15, 0.2) is 0 Å². The smallest absolute Gasteiger partial charge is 0.331 e. The van der Waals surface area contributed by atoms with Crippen molar-refractivity contribution in [2.45, 2.75) is 0 Å². The number of nitrogens with zero attached hydrogens (tertiary/aromatic N) is 3. The zero-order valence-corrected chi connectivity index (χ0v) is 17.0. The van der Waals surface area contributed by atoms with Crippen LogP contribution >= 0.6 is 0 Å². The van der Waals surface area contributed by atoms with Gasteiger partial charge in [-0.3, -0.25) is 9.59 Å². The molecule has 10 heteroatoms. The molecule has 164 valence electrons. The van der Waals surface area contributed by atoms with Gasteiger partial charge in [-0.1, -0.05) is 18.2 Å². The van der Waals surface area contributed by atoms with Gasteiger partial charge in [0, 0.05) is 11.1 Å². The highest BCUT2D eigenvalue weighted by molar-refractivity contribution is 5.93. The summed E-state index contributed by atoms with van der Waals surface area (Å²) < 4.78 is 17.1. The monoisotopic (exact) mass is 443 g/mol. The molecule has 0 radical (unpaired) electrons. The molecular formula is C23H17N5O5. The topological polar surface area (TPSA) is 153 Å². The lowest BCUT2D eigenvalue weighted by atomic mass is 10.2. The molecule has 3 aromatic carbocycles. The fraction of sp³-hybridized carbons (Fsp3) is 0. The van der Waals surface area contributed by atoms with Crippen LogP contribution in [0.25, 0.3) is 0 Å². The van der Waals surface area contributed by atoms with Gasteiger partial charge in [-0.2, -0.15) is 0 Å². The Balaban J connectivity index is 1.62. The molecule has 0 saturated carbocycles. The molecule has 2 amide bonds. The minimum absolute atomic E-state index is 0.0660. The fourth-order valence-corrected chi connectivity index (χ4v) is 2.64. The minimum Gasteiger partial charge on any atom is -0.424 e. The van der Waals surface area contributed by atoms with Gasteiger partial charge in [-0.25, -0.2) is 0 Å². The molecule has 4 aromatic rings. The van der Waals surface area contributed by atoms with Crippen LogP contribution in [0, 0.1) is 0 Å². The molecule has 0 aliphatic carbocycles. The summed E-state index contributed by atoms with van der Waals surface area (Å²) in [7, 11) is 0. The van der Waals surface area contributed by atoms with Crippen LogP contribution in [0.15, 0.2) is 78.9 Å². The standard InChI is InChI=1S/C23H17N5O5/c24-19(29)14-6-10-17(11-7-14)32-22-26-21(31-16-4-2-1-3-5-16)27-23(28-22)33-18-12-8-15(9-13-18)20(25)30/h1-13H,(H2,24,29)(H2,25,30). The van der Waals surface area contributed by atoms with Crippen LogP contribution in [0.4, 0.5) is 0 Å². The number of nitrogens with two attached hydrogens (primary N) is 2. The Morgan fingerprint density at radius 2 is 0.848 bits per heavy atom. The maximum Gasteiger partial charge on any atom is 0.331 e. The van der Waals surface area contributed by atoms with E-state index in [0.29, 0.717) is 28.4 Å². The zero-order chi connectivity index (χ0) is 23.2. The molecule has 0 unspecified atom stereocenters. The molecule has 10 nitrogen and oxygen atoms in total. The Morgan fingerprint density at radius 3 is 1.18 bits per heavy atom. The quantitative estimate of drug-likeness (QED) is 0.420. The minimum atomic E-state index is -0.557. The van der Waals surface area contributed by atoms with E-state index in [-0.39, 0.29) is 18.0 Å². The Kier molecular flexibility index (Phi) is 6.08. The second-order valence-electron chi connectivity index (χ2n) is 6.58. The Morgan fingerprint density at radius 1 is 0.515 bits per heavy atom. The zero-order valence-electron chi connectivity index (χ0n) is 17.0. The summed E-state index contributed by atoms with van der Waals surface area (Å²) in [4.78, 5) is 35.0. The molecule has 0 saturated heterocycles. The SMILES string of the molecule is NC(=O)c1ccc(Oc2nc(Oc3ccccc3)nc(Oc3ccc(C(N)=O)cc3)n2)cc1. The summed E-state index contributed by atoms with van der Waals surface area (Å²) in [6, 6.07) is 20.9. The first-order valence-electron chi connectivity index (χ1n) is 9.61. The van der Waals surface area contributed by atoms with Crippen molar-refractivity contribution in [1.29, 1.82) is 0 Å². The van der Waals surface area contributed by atoms with Gasteiger partial charge in [0.2, 0.25) is 11.8 Å². The van der Waals surface area contributed by atoms with Crippen molar-refractivity contribution < 1.29 is 23.8 Å². The lowest BCUT2D eigenvalue weighted by Gasteiger charge is -2.10. The van der Waals surface area contributed by atoms with Gasteiger partial charge in [0.05, 0.1) is 0 Å². The van der Waals surface area contributed by atoms with Gasteiger partial charge in [0.1, 0.15) is 17.2 Å². The first-order valence-corrected chi connectivity index (χ1v) is 9.61. The summed E-state index contributed by atoms with van der Waals surface area (Å²) >= 11 is 0. The van der Waals surface area contributed by atoms with Gasteiger partial charge in [0.25, 0.3) is 0 Å². The second kappa shape index (κ2) is 9.43.